The second-order valence-corrected chi connectivity index (χ2v) is 9.27. The summed E-state index contributed by atoms with van der Waals surface area (Å²) in [5, 5.41) is 5.12. The maximum Gasteiger partial charge on any atom is 0.257 e. The van der Waals surface area contributed by atoms with Gasteiger partial charge in [-0.25, -0.2) is 12.8 Å². The Morgan fingerprint density at radius 2 is 1.82 bits per heavy atom. The van der Waals surface area contributed by atoms with Crippen LogP contribution in [-0.2, 0) is 14.8 Å². The molecule has 3 heterocycles. The number of nitrogens with one attached hydrogen (secondary N) is 2. The van der Waals surface area contributed by atoms with E-state index in [1.165, 1.54) is 41.5 Å². The van der Waals surface area contributed by atoms with Gasteiger partial charge in [-0.05, 0) is 48.6 Å². The second kappa shape index (κ2) is 8.30. The number of amidine groups is 1. The third kappa shape index (κ3) is 4.35. The van der Waals surface area contributed by atoms with Crippen LogP contribution in [0.2, 0.25) is 0 Å². The van der Waals surface area contributed by atoms with Crippen LogP contribution in [0, 0.1) is 5.82 Å². The Morgan fingerprint density at radius 3 is 2.68 bits per heavy atom. The quantitative estimate of drug-likeness (QED) is 0.682. The molecule has 3 aliphatic heterocycles. The summed E-state index contributed by atoms with van der Waals surface area (Å²) in [6, 6.07) is 8.51. The number of benzene rings is 2. The van der Waals surface area contributed by atoms with Crippen molar-refractivity contribution in [2.24, 2.45) is 4.40 Å². The van der Waals surface area contributed by atoms with Crippen molar-refractivity contribution >= 4 is 39.0 Å². The van der Waals surface area contributed by atoms with Crippen molar-refractivity contribution in [3.05, 3.63) is 71.7 Å². The molecule has 5 rings (SSSR count). The van der Waals surface area contributed by atoms with Gasteiger partial charge in [0, 0.05) is 24.0 Å². The van der Waals surface area contributed by atoms with Crippen molar-refractivity contribution in [1.82, 2.24) is 4.90 Å². The zero-order valence-electron chi connectivity index (χ0n) is 17.4. The summed E-state index contributed by atoms with van der Waals surface area (Å²) in [6.45, 7) is 0.232. The Balaban J connectivity index is 1.30. The molecule has 0 fully saturated rings. The smallest absolute Gasteiger partial charge is 0.257 e. The van der Waals surface area contributed by atoms with Gasteiger partial charge in [-0.15, -0.1) is 4.40 Å². The van der Waals surface area contributed by atoms with E-state index < -0.39 is 27.7 Å². The molecule has 0 saturated heterocycles. The number of fused-ring (bicyclic) bond motifs is 2. The highest BCUT2D eigenvalue weighted by Gasteiger charge is 2.25. The van der Waals surface area contributed by atoms with Gasteiger partial charge in [0.25, 0.3) is 21.8 Å². The SMILES string of the molecule is O=C(Nc1cc(NC(=O)c2ccc3c(c2)OCO3)ccc1F)C1=CN2CCS(=O)(=O)N=C2C=C1. The van der Waals surface area contributed by atoms with E-state index >= 15 is 0 Å². The number of nitrogens with zero attached hydrogens (tertiary/aromatic N) is 2. The minimum Gasteiger partial charge on any atom is -0.454 e. The van der Waals surface area contributed by atoms with Crippen molar-refractivity contribution in [2.75, 3.05) is 29.7 Å². The molecule has 2 N–H and O–H groups in total. The Bertz CT molecular complexity index is 1420. The molecule has 0 saturated carbocycles. The second-order valence-electron chi connectivity index (χ2n) is 7.52. The number of hydrogen-bond acceptors (Lipinski definition) is 7. The molecule has 34 heavy (non-hydrogen) atoms. The van der Waals surface area contributed by atoms with Gasteiger partial charge >= 0.3 is 0 Å². The summed E-state index contributed by atoms with van der Waals surface area (Å²) in [5.74, 6) is -0.723. The molecule has 12 heteroatoms. The van der Waals surface area contributed by atoms with E-state index in [-0.39, 0.29) is 41.9 Å². The third-order valence-electron chi connectivity index (χ3n) is 5.19. The topological polar surface area (TPSA) is 126 Å². The maximum atomic E-state index is 14.4. The van der Waals surface area contributed by atoms with Crippen LogP contribution in [-0.4, -0.2) is 50.1 Å². The number of ether oxygens (including phenoxy) is 2. The average Bonchev–Trinajstić information content (AvgIpc) is 3.28. The minimum absolute atomic E-state index is 0.0814. The zero-order valence-corrected chi connectivity index (χ0v) is 18.3. The summed E-state index contributed by atoms with van der Waals surface area (Å²) < 4.78 is 51.7. The fraction of sp³-hybridized carbons (Fsp3) is 0.136. The van der Waals surface area contributed by atoms with Crippen LogP contribution in [0.15, 0.2) is 64.7 Å². The first-order valence-corrected chi connectivity index (χ1v) is 11.7. The summed E-state index contributed by atoms with van der Waals surface area (Å²) in [7, 11) is -3.52. The van der Waals surface area contributed by atoms with Crippen LogP contribution >= 0.6 is 0 Å². The van der Waals surface area contributed by atoms with Gasteiger partial charge in [-0.1, -0.05) is 0 Å². The lowest BCUT2D eigenvalue weighted by Gasteiger charge is -2.27. The monoisotopic (exact) mass is 484 g/mol. The number of anilines is 2. The predicted octanol–water partition coefficient (Wildman–Crippen LogP) is 2.24. The van der Waals surface area contributed by atoms with Gasteiger partial charge < -0.3 is 25.0 Å². The Hall–Kier alpha value is -4.19. The number of sulfonamides is 1. The van der Waals surface area contributed by atoms with Gasteiger partial charge in [0.05, 0.1) is 17.0 Å². The first kappa shape index (κ1) is 21.6. The first-order chi connectivity index (χ1) is 16.3. The highest BCUT2D eigenvalue weighted by molar-refractivity contribution is 7.90. The molecule has 0 atom stereocenters. The van der Waals surface area contributed by atoms with Gasteiger partial charge in [-0.3, -0.25) is 9.59 Å². The van der Waals surface area contributed by atoms with E-state index in [0.29, 0.717) is 17.1 Å². The molecule has 2 amide bonds. The lowest BCUT2D eigenvalue weighted by molar-refractivity contribution is -0.112. The van der Waals surface area contributed by atoms with Gasteiger partial charge in [0.2, 0.25) is 6.79 Å². The highest BCUT2D eigenvalue weighted by Crippen LogP contribution is 2.33. The molecule has 0 radical (unpaired) electrons. The van der Waals surface area contributed by atoms with E-state index in [0.717, 1.165) is 6.07 Å². The highest BCUT2D eigenvalue weighted by atomic mass is 32.2. The lowest BCUT2D eigenvalue weighted by Crippen LogP contribution is -2.37. The Kier molecular flexibility index (Phi) is 5.28. The summed E-state index contributed by atoms with van der Waals surface area (Å²) in [4.78, 5) is 26.8. The number of carbonyl (C=O) groups is 2. The standard InChI is InChI=1S/C22H17FN4O6S/c23-16-4-3-15(24-21(28)13-1-5-18-19(9-13)33-12-32-18)10-17(16)25-22(29)14-2-6-20-26-34(30,31)8-7-27(20)11-14/h1-6,9-11H,7-8,12H2,(H,24,28)(H,25,29). The van der Waals surface area contributed by atoms with Crippen LogP contribution in [0.5, 0.6) is 11.5 Å². The van der Waals surface area contributed by atoms with Crippen LogP contribution in [0.25, 0.3) is 0 Å². The van der Waals surface area contributed by atoms with Crippen LogP contribution in [0.3, 0.4) is 0 Å². The van der Waals surface area contributed by atoms with E-state index in [4.69, 9.17) is 9.47 Å². The number of amides is 2. The van der Waals surface area contributed by atoms with Crippen molar-refractivity contribution in [2.45, 2.75) is 0 Å². The lowest BCUT2D eigenvalue weighted by atomic mass is 10.1. The molecule has 2 aromatic carbocycles. The number of halogens is 1. The summed E-state index contributed by atoms with van der Waals surface area (Å²) >= 11 is 0. The minimum atomic E-state index is -3.52. The van der Waals surface area contributed by atoms with Gasteiger partial charge in [-0.2, -0.15) is 0 Å². The van der Waals surface area contributed by atoms with Crippen molar-refractivity contribution in [3.8, 4) is 11.5 Å². The summed E-state index contributed by atoms with van der Waals surface area (Å²) in [6.07, 6.45) is 4.25. The van der Waals surface area contributed by atoms with Crippen LogP contribution in [0.4, 0.5) is 15.8 Å². The number of hydrogen-bond donors (Lipinski definition) is 2. The predicted molar refractivity (Wildman–Crippen MR) is 121 cm³/mol. The fourth-order valence-corrected chi connectivity index (χ4v) is 4.44. The Labute approximate surface area is 193 Å². The normalized spacial score (nSPS) is 17.4. The van der Waals surface area contributed by atoms with Crippen LogP contribution < -0.4 is 20.1 Å². The summed E-state index contributed by atoms with van der Waals surface area (Å²) in [5.41, 5.74) is 0.636. The molecule has 0 aromatic heterocycles. The van der Waals surface area contributed by atoms with E-state index in [2.05, 4.69) is 15.0 Å². The van der Waals surface area contributed by atoms with E-state index in [1.54, 1.807) is 12.1 Å². The molecule has 3 aliphatic rings. The third-order valence-corrected chi connectivity index (χ3v) is 6.36. The molecular weight excluding hydrogens is 467 g/mol. The van der Waals surface area contributed by atoms with Crippen molar-refractivity contribution in [1.29, 1.82) is 0 Å². The molecule has 0 spiro atoms. The molecule has 10 nitrogen and oxygen atoms in total. The maximum absolute atomic E-state index is 14.4. The first-order valence-electron chi connectivity index (χ1n) is 10.1. The zero-order chi connectivity index (χ0) is 23.9. The fourth-order valence-electron chi connectivity index (χ4n) is 3.47. The van der Waals surface area contributed by atoms with Gasteiger partial charge in [0.15, 0.2) is 11.5 Å². The largest absolute Gasteiger partial charge is 0.454 e. The number of carbonyl (C=O) groups excluding carboxylic acids is 2. The van der Waals surface area contributed by atoms with Gasteiger partial charge in [0.1, 0.15) is 11.7 Å². The van der Waals surface area contributed by atoms with E-state index in [1.807, 2.05) is 0 Å². The number of rotatable bonds is 4. The average molecular weight is 484 g/mol. The molecular formula is C22H17FN4O6S. The molecule has 174 valence electrons. The molecule has 0 unspecified atom stereocenters. The molecule has 0 bridgehead atoms. The van der Waals surface area contributed by atoms with Crippen molar-refractivity contribution in [3.63, 3.8) is 0 Å². The van der Waals surface area contributed by atoms with E-state index in [9.17, 15) is 22.4 Å². The van der Waals surface area contributed by atoms with Crippen LogP contribution in [0.1, 0.15) is 10.4 Å². The molecule has 0 aliphatic carbocycles. The molecule has 2 aromatic rings. The Morgan fingerprint density at radius 1 is 1.00 bits per heavy atom. The van der Waals surface area contributed by atoms with Crippen molar-refractivity contribution < 1.29 is 31.9 Å².